The van der Waals surface area contributed by atoms with Gasteiger partial charge in [0.15, 0.2) is 0 Å². The van der Waals surface area contributed by atoms with Gasteiger partial charge in [0.1, 0.15) is 17.4 Å². The number of aromatic amines is 1. The fraction of sp³-hybridized carbons (Fsp3) is 0.115. The van der Waals surface area contributed by atoms with Crippen molar-refractivity contribution in [1.82, 2.24) is 14.9 Å². The second-order valence-corrected chi connectivity index (χ2v) is 7.78. The molecule has 0 aliphatic rings. The van der Waals surface area contributed by atoms with Gasteiger partial charge in [-0.25, -0.2) is 4.79 Å². The molecule has 0 saturated carbocycles. The highest BCUT2D eigenvalue weighted by Crippen LogP contribution is 2.28. The maximum Gasteiger partial charge on any atom is 0.328 e. The van der Waals surface area contributed by atoms with Crippen molar-refractivity contribution in [3.8, 4) is 0 Å². The van der Waals surface area contributed by atoms with E-state index in [0.29, 0.717) is 16.7 Å². The van der Waals surface area contributed by atoms with E-state index in [-0.39, 0.29) is 18.9 Å². The molecule has 0 fully saturated rings. The molecule has 1 unspecified atom stereocenters. The summed E-state index contributed by atoms with van der Waals surface area (Å²) >= 11 is 0. The Morgan fingerprint density at radius 3 is 2.48 bits per heavy atom. The molecule has 1 amide bonds. The Morgan fingerprint density at radius 2 is 1.67 bits per heavy atom. The Balaban J connectivity index is 1.42. The van der Waals surface area contributed by atoms with E-state index in [2.05, 4.69) is 10.3 Å². The fourth-order valence-electron chi connectivity index (χ4n) is 4.02. The van der Waals surface area contributed by atoms with E-state index in [1.165, 1.54) is 4.57 Å². The largest absolute Gasteiger partial charge is 0.459 e. The van der Waals surface area contributed by atoms with Gasteiger partial charge >= 0.3 is 5.69 Å². The molecular formula is C26H21N3O4. The number of hydrogen-bond acceptors (Lipinski definition) is 4. The van der Waals surface area contributed by atoms with Crippen molar-refractivity contribution in [1.29, 1.82) is 0 Å². The molecule has 0 bridgehead atoms. The lowest BCUT2D eigenvalue weighted by atomic mass is 10.0. The van der Waals surface area contributed by atoms with Crippen molar-refractivity contribution in [3.63, 3.8) is 0 Å². The van der Waals surface area contributed by atoms with Gasteiger partial charge in [-0.05, 0) is 29.8 Å². The molecule has 0 aliphatic carbocycles. The predicted molar refractivity (Wildman–Crippen MR) is 126 cm³/mol. The topological polar surface area (TPSA) is 97.1 Å². The van der Waals surface area contributed by atoms with E-state index in [4.69, 9.17) is 4.42 Å². The zero-order chi connectivity index (χ0) is 22.8. The zero-order valence-corrected chi connectivity index (χ0v) is 17.7. The van der Waals surface area contributed by atoms with E-state index in [9.17, 15) is 14.4 Å². The average molecular weight is 439 g/mol. The van der Waals surface area contributed by atoms with Crippen LogP contribution in [0, 0.1) is 0 Å². The van der Waals surface area contributed by atoms with Crippen molar-refractivity contribution >= 4 is 27.8 Å². The van der Waals surface area contributed by atoms with Gasteiger partial charge in [-0.15, -0.1) is 0 Å². The minimum Gasteiger partial charge on any atom is -0.459 e. The number of carbonyl (C=O) groups excluding carboxylic acids is 1. The second-order valence-electron chi connectivity index (χ2n) is 7.78. The quantitative estimate of drug-likeness (QED) is 0.421. The number of rotatable bonds is 6. The number of aryl methyl sites for hydroxylation is 1. The van der Waals surface area contributed by atoms with Crippen molar-refractivity contribution in [2.75, 3.05) is 0 Å². The fourth-order valence-corrected chi connectivity index (χ4v) is 4.02. The highest BCUT2D eigenvalue weighted by molar-refractivity contribution is 5.80. The molecular weight excluding hydrogens is 418 g/mol. The molecule has 0 spiro atoms. The average Bonchev–Trinajstić information content (AvgIpc) is 3.27. The van der Waals surface area contributed by atoms with E-state index >= 15 is 0 Å². The number of hydrogen-bond donors (Lipinski definition) is 2. The summed E-state index contributed by atoms with van der Waals surface area (Å²) in [5.74, 6) is 0.383. The first kappa shape index (κ1) is 20.5. The Kier molecular flexibility index (Phi) is 5.36. The minimum absolute atomic E-state index is 0.0551. The maximum absolute atomic E-state index is 13.0. The smallest absolute Gasteiger partial charge is 0.328 e. The lowest BCUT2D eigenvalue weighted by Gasteiger charge is -2.17. The summed E-state index contributed by atoms with van der Waals surface area (Å²) in [7, 11) is 0. The first-order chi connectivity index (χ1) is 16.1. The second kappa shape index (κ2) is 8.63. The van der Waals surface area contributed by atoms with Crippen molar-refractivity contribution in [2.45, 2.75) is 19.0 Å². The highest BCUT2D eigenvalue weighted by atomic mass is 16.3. The molecule has 0 radical (unpaired) electrons. The first-order valence-electron chi connectivity index (χ1n) is 10.6. The van der Waals surface area contributed by atoms with E-state index in [1.54, 1.807) is 24.3 Å². The highest BCUT2D eigenvalue weighted by Gasteiger charge is 2.21. The third kappa shape index (κ3) is 4.08. The van der Waals surface area contributed by atoms with E-state index < -0.39 is 17.3 Å². The van der Waals surface area contributed by atoms with Gasteiger partial charge in [-0.1, -0.05) is 60.7 Å². The minimum atomic E-state index is -0.539. The number of aromatic nitrogens is 2. The molecule has 0 saturated heterocycles. The molecule has 7 heteroatoms. The zero-order valence-electron chi connectivity index (χ0n) is 17.7. The Morgan fingerprint density at radius 1 is 0.939 bits per heavy atom. The normalized spacial score (nSPS) is 12.1. The van der Waals surface area contributed by atoms with Crippen molar-refractivity contribution in [3.05, 3.63) is 117 Å². The molecule has 3 aromatic carbocycles. The van der Waals surface area contributed by atoms with E-state index in [1.807, 2.05) is 60.7 Å². The summed E-state index contributed by atoms with van der Waals surface area (Å²) < 4.78 is 7.44. The van der Waals surface area contributed by atoms with Gasteiger partial charge < -0.3 is 9.73 Å². The van der Waals surface area contributed by atoms with Crippen LogP contribution in [0.2, 0.25) is 0 Å². The van der Waals surface area contributed by atoms with Crippen LogP contribution in [-0.2, 0) is 11.3 Å². The molecule has 33 heavy (non-hydrogen) atoms. The third-order valence-electron chi connectivity index (χ3n) is 5.63. The molecule has 2 heterocycles. The summed E-state index contributed by atoms with van der Waals surface area (Å²) in [5.41, 5.74) is 1.15. The van der Waals surface area contributed by atoms with Gasteiger partial charge in [0.25, 0.3) is 5.56 Å². The van der Waals surface area contributed by atoms with Crippen LogP contribution in [0.15, 0.2) is 98.9 Å². The number of nitrogens with zero attached hydrogens (tertiary/aromatic N) is 1. The van der Waals surface area contributed by atoms with Crippen LogP contribution in [0.1, 0.15) is 23.8 Å². The summed E-state index contributed by atoms with van der Waals surface area (Å²) in [6.07, 6.45) is 0.0551. The lowest BCUT2D eigenvalue weighted by Crippen LogP contribution is -2.33. The summed E-state index contributed by atoms with van der Waals surface area (Å²) in [4.78, 5) is 39.7. The van der Waals surface area contributed by atoms with Crippen LogP contribution in [0.4, 0.5) is 0 Å². The number of furan rings is 1. The van der Waals surface area contributed by atoms with Gasteiger partial charge in [0, 0.05) is 18.4 Å². The molecule has 1 atom stereocenters. The molecule has 2 N–H and O–H groups in total. The lowest BCUT2D eigenvalue weighted by molar-refractivity contribution is -0.121. The van der Waals surface area contributed by atoms with Crippen molar-refractivity contribution < 1.29 is 9.21 Å². The van der Waals surface area contributed by atoms with Gasteiger partial charge in [-0.3, -0.25) is 19.1 Å². The number of para-hydroxylation sites is 2. The van der Waals surface area contributed by atoms with Gasteiger partial charge in [0.2, 0.25) is 5.91 Å². The standard InChI is InChI=1S/C26H21N3O4/c30-23(14-15-29-20-12-6-5-11-19(20)25(31)28-26(29)32)27-24(17-8-2-1-3-9-17)22-16-18-10-4-7-13-21(18)33-22/h1-13,16,24H,14-15H2,(H,27,30)(H,28,31,32). The van der Waals surface area contributed by atoms with Crippen LogP contribution in [0.3, 0.4) is 0 Å². The molecule has 0 aliphatic heterocycles. The summed E-state index contributed by atoms with van der Waals surface area (Å²) in [6, 6.07) is 25.5. The van der Waals surface area contributed by atoms with Gasteiger partial charge in [0.05, 0.1) is 10.9 Å². The maximum atomic E-state index is 13.0. The number of amides is 1. The summed E-state index contributed by atoms with van der Waals surface area (Å²) in [6.45, 7) is 0.129. The Hall–Kier alpha value is -4.39. The summed E-state index contributed by atoms with van der Waals surface area (Å²) in [5, 5.41) is 4.40. The molecule has 2 aromatic heterocycles. The SMILES string of the molecule is O=C(CCn1c(=O)[nH]c(=O)c2ccccc21)NC(c1ccccc1)c1cc2ccccc2o1. The first-order valence-corrected chi connectivity index (χ1v) is 10.6. The third-order valence-corrected chi connectivity index (χ3v) is 5.63. The molecule has 7 nitrogen and oxygen atoms in total. The molecule has 164 valence electrons. The van der Waals surface area contributed by atoms with Gasteiger partial charge in [-0.2, -0.15) is 0 Å². The van der Waals surface area contributed by atoms with Crippen LogP contribution < -0.4 is 16.6 Å². The van der Waals surface area contributed by atoms with Crippen LogP contribution in [0.5, 0.6) is 0 Å². The molecule has 5 aromatic rings. The number of H-pyrrole nitrogens is 1. The van der Waals surface area contributed by atoms with Crippen LogP contribution in [0.25, 0.3) is 21.9 Å². The molecule has 5 rings (SSSR count). The Labute approximate surface area is 188 Å². The number of carbonyl (C=O) groups is 1. The Bertz CT molecular complexity index is 1530. The van der Waals surface area contributed by atoms with Crippen LogP contribution >= 0.6 is 0 Å². The van der Waals surface area contributed by atoms with E-state index in [0.717, 1.165) is 16.5 Å². The monoisotopic (exact) mass is 439 g/mol. The van der Waals surface area contributed by atoms with Crippen LogP contribution in [-0.4, -0.2) is 15.5 Å². The van der Waals surface area contributed by atoms with Crippen molar-refractivity contribution in [2.24, 2.45) is 0 Å². The number of nitrogens with one attached hydrogen (secondary N) is 2. The predicted octanol–water partition coefficient (Wildman–Crippen LogP) is 3.73. The number of benzene rings is 3. The number of fused-ring (bicyclic) bond motifs is 2.